The summed E-state index contributed by atoms with van der Waals surface area (Å²) in [7, 11) is 3.29. The molecule has 0 atom stereocenters. The number of nitrogens with one attached hydrogen (secondary N) is 1. The quantitative estimate of drug-likeness (QED) is 0.554. The Bertz CT molecular complexity index is 1140. The Hall–Kier alpha value is -3.03. The van der Waals surface area contributed by atoms with Gasteiger partial charge in [-0.05, 0) is 48.9 Å². The monoisotopic (exact) mass is 430 g/mol. The van der Waals surface area contributed by atoms with Gasteiger partial charge >= 0.3 is 5.63 Å². The summed E-state index contributed by atoms with van der Waals surface area (Å²) in [5.74, 6) is 0.347. The van der Waals surface area contributed by atoms with Crippen molar-refractivity contribution in [3.8, 4) is 11.5 Å². The number of phenolic OH excluding ortho intramolecular Hbond substituents is 1. The van der Waals surface area contributed by atoms with Crippen LogP contribution in [-0.2, 0) is 17.8 Å². The van der Waals surface area contributed by atoms with Crippen molar-refractivity contribution in [1.82, 2.24) is 4.90 Å². The van der Waals surface area contributed by atoms with Gasteiger partial charge in [0.15, 0.2) is 0 Å². The normalized spacial score (nSPS) is 11.1. The first kappa shape index (κ1) is 21.7. The fraction of sp³-hybridized carbons (Fsp3) is 0.273. The summed E-state index contributed by atoms with van der Waals surface area (Å²) >= 11 is 6.00. The molecule has 1 aromatic heterocycles. The molecule has 8 heteroatoms. The molecule has 0 unspecified atom stereocenters. The number of fused-ring (bicyclic) bond motifs is 1. The number of rotatable bonds is 7. The third kappa shape index (κ3) is 4.93. The topological polar surface area (TPSA) is 92.0 Å². The lowest BCUT2D eigenvalue weighted by molar-refractivity contribution is -0.117. The number of aromatic hydroxyl groups is 1. The van der Waals surface area contributed by atoms with Crippen molar-refractivity contribution in [3.05, 3.63) is 63.0 Å². The van der Waals surface area contributed by atoms with Gasteiger partial charge < -0.3 is 19.6 Å². The molecule has 3 aromatic rings. The number of anilines is 1. The van der Waals surface area contributed by atoms with Crippen molar-refractivity contribution in [2.75, 3.05) is 26.0 Å². The molecule has 30 heavy (non-hydrogen) atoms. The molecule has 0 aliphatic rings. The van der Waals surface area contributed by atoms with E-state index in [0.717, 1.165) is 10.9 Å². The number of hydrogen-bond acceptors (Lipinski definition) is 6. The first-order chi connectivity index (χ1) is 14.3. The summed E-state index contributed by atoms with van der Waals surface area (Å²) in [4.78, 5) is 26.2. The highest BCUT2D eigenvalue weighted by atomic mass is 35.5. The third-order valence-electron chi connectivity index (χ3n) is 4.70. The second kappa shape index (κ2) is 9.19. The Morgan fingerprint density at radius 3 is 2.70 bits per heavy atom. The van der Waals surface area contributed by atoms with E-state index >= 15 is 0 Å². The number of halogens is 1. The van der Waals surface area contributed by atoms with Gasteiger partial charge in [-0.1, -0.05) is 18.5 Å². The Morgan fingerprint density at radius 1 is 1.23 bits per heavy atom. The zero-order chi connectivity index (χ0) is 21.8. The molecule has 0 radical (unpaired) electrons. The van der Waals surface area contributed by atoms with Gasteiger partial charge in [0.1, 0.15) is 17.1 Å². The van der Waals surface area contributed by atoms with E-state index in [1.165, 1.54) is 19.2 Å². The van der Waals surface area contributed by atoms with Crippen molar-refractivity contribution in [2.45, 2.75) is 19.9 Å². The molecular formula is C22H23ClN2O5. The number of amides is 1. The van der Waals surface area contributed by atoms with Crippen LogP contribution in [0.5, 0.6) is 11.5 Å². The maximum absolute atomic E-state index is 12.5. The van der Waals surface area contributed by atoms with Gasteiger partial charge in [0.2, 0.25) is 5.91 Å². The van der Waals surface area contributed by atoms with Crippen LogP contribution < -0.4 is 15.7 Å². The van der Waals surface area contributed by atoms with Crippen LogP contribution >= 0.6 is 11.6 Å². The summed E-state index contributed by atoms with van der Waals surface area (Å²) in [6, 6.07) is 9.65. The molecule has 7 nitrogen and oxygen atoms in total. The number of carbonyl (C=O) groups is 1. The minimum absolute atomic E-state index is 0.0795. The van der Waals surface area contributed by atoms with Crippen LogP contribution in [0.2, 0.25) is 5.02 Å². The van der Waals surface area contributed by atoms with Gasteiger partial charge in [-0.2, -0.15) is 0 Å². The number of benzene rings is 2. The van der Waals surface area contributed by atoms with E-state index in [-0.39, 0.29) is 18.2 Å². The number of phenols is 1. The molecule has 0 spiro atoms. The molecule has 2 N–H and O–H groups in total. The van der Waals surface area contributed by atoms with Crippen LogP contribution in [0.3, 0.4) is 0 Å². The zero-order valence-corrected chi connectivity index (χ0v) is 17.7. The standard InChI is InChI=1S/C22H23ClN2O5/c1-4-13-7-16-14(8-22(28)30-20(16)10-18(13)26)11-25(2)12-21(27)24-17-9-15(23)5-6-19(17)29-3/h5-10,26H,4,11-12H2,1-3H3,(H,24,27). The molecule has 0 saturated heterocycles. The first-order valence-corrected chi connectivity index (χ1v) is 9.79. The zero-order valence-electron chi connectivity index (χ0n) is 17.0. The summed E-state index contributed by atoms with van der Waals surface area (Å²) in [5.41, 5.74) is 1.76. The summed E-state index contributed by atoms with van der Waals surface area (Å²) in [6.07, 6.45) is 0.639. The fourth-order valence-corrected chi connectivity index (χ4v) is 3.45. The van der Waals surface area contributed by atoms with Crippen molar-refractivity contribution >= 4 is 34.2 Å². The van der Waals surface area contributed by atoms with Gasteiger partial charge in [0.05, 0.1) is 19.3 Å². The Morgan fingerprint density at radius 2 is 2.00 bits per heavy atom. The van der Waals surface area contributed by atoms with E-state index in [4.69, 9.17) is 20.8 Å². The molecule has 1 amide bonds. The highest BCUT2D eigenvalue weighted by molar-refractivity contribution is 6.31. The lowest BCUT2D eigenvalue weighted by Gasteiger charge is -2.18. The molecule has 1 heterocycles. The van der Waals surface area contributed by atoms with E-state index in [2.05, 4.69) is 5.32 Å². The van der Waals surface area contributed by atoms with Gasteiger partial charge in [-0.15, -0.1) is 0 Å². The number of methoxy groups -OCH3 is 1. The number of hydrogen-bond donors (Lipinski definition) is 2. The molecule has 0 saturated carbocycles. The molecule has 0 fully saturated rings. The lowest BCUT2D eigenvalue weighted by Crippen LogP contribution is -2.30. The Labute approximate surface area is 178 Å². The average molecular weight is 431 g/mol. The summed E-state index contributed by atoms with van der Waals surface area (Å²) < 4.78 is 10.5. The largest absolute Gasteiger partial charge is 0.508 e. The van der Waals surface area contributed by atoms with Crippen molar-refractivity contribution in [2.24, 2.45) is 0 Å². The number of carbonyl (C=O) groups excluding carboxylic acids is 1. The minimum atomic E-state index is -0.511. The molecule has 2 aromatic carbocycles. The average Bonchev–Trinajstić information content (AvgIpc) is 2.67. The predicted octanol–water partition coefficient (Wildman–Crippen LogP) is 3.79. The molecule has 0 aliphatic carbocycles. The molecular weight excluding hydrogens is 408 g/mol. The van der Waals surface area contributed by atoms with Crippen LogP contribution in [-0.4, -0.2) is 36.6 Å². The number of likely N-dealkylation sites (N-methyl/N-ethyl adjacent to an activating group) is 1. The Kier molecular flexibility index (Phi) is 6.64. The second-order valence-electron chi connectivity index (χ2n) is 6.99. The van der Waals surface area contributed by atoms with E-state index in [0.29, 0.717) is 40.6 Å². The molecule has 0 aliphatic heterocycles. The maximum Gasteiger partial charge on any atom is 0.336 e. The summed E-state index contributed by atoms with van der Waals surface area (Å²) in [6.45, 7) is 2.35. The van der Waals surface area contributed by atoms with E-state index in [1.54, 1.807) is 30.1 Å². The van der Waals surface area contributed by atoms with E-state index < -0.39 is 5.63 Å². The van der Waals surface area contributed by atoms with Gasteiger partial charge in [0, 0.05) is 29.1 Å². The second-order valence-corrected chi connectivity index (χ2v) is 7.42. The highest BCUT2D eigenvalue weighted by Gasteiger charge is 2.15. The van der Waals surface area contributed by atoms with Crippen LogP contribution in [0.25, 0.3) is 11.0 Å². The molecule has 3 rings (SSSR count). The summed E-state index contributed by atoms with van der Waals surface area (Å²) in [5, 5.41) is 14.1. The van der Waals surface area contributed by atoms with E-state index in [1.807, 2.05) is 13.0 Å². The molecule has 0 bridgehead atoms. The van der Waals surface area contributed by atoms with Crippen LogP contribution in [0.1, 0.15) is 18.1 Å². The smallest absolute Gasteiger partial charge is 0.336 e. The van der Waals surface area contributed by atoms with Gasteiger partial charge in [-0.25, -0.2) is 4.79 Å². The van der Waals surface area contributed by atoms with Crippen molar-refractivity contribution in [1.29, 1.82) is 0 Å². The van der Waals surface area contributed by atoms with Crippen LogP contribution in [0, 0.1) is 0 Å². The number of aryl methyl sites for hydroxylation is 1. The predicted molar refractivity (Wildman–Crippen MR) is 116 cm³/mol. The maximum atomic E-state index is 12.5. The lowest BCUT2D eigenvalue weighted by atomic mass is 10.0. The minimum Gasteiger partial charge on any atom is -0.508 e. The van der Waals surface area contributed by atoms with Crippen LogP contribution in [0.4, 0.5) is 5.69 Å². The SMILES string of the molecule is CCc1cc2c(CN(C)CC(=O)Nc3cc(Cl)ccc3OC)cc(=O)oc2cc1O. The van der Waals surface area contributed by atoms with Crippen molar-refractivity contribution in [3.63, 3.8) is 0 Å². The van der Waals surface area contributed by atoms with Gasteiger partial charge in [0.25, 0.3) is 0 Å². The molecule has 158 valence electrons. The fourth-order valence-electron chi connectivity index (χ4n) is 3.28. The number of nitrogens with zero attached hydrogens (tertiary/aromatic N) is 1. The highest BCUT2D eigenvalue weighted by Crippen LogP contribution is 2.28. The Balaban J connectivity index is 1.78. The number of ether oxygens (including phenoxy) is 1. The van der Waals surface area contributed by atoms with Crippen LogP contribution in [0.15, 0.2) is 45.6 Å². The first-order valence-electron chi connectivity index (χ1n) is 9.41. The van der Waals surface area contributed by atoms with E-state index in [9.17, 15) is 14.7 Å². The third-order valence-corrected chi connectivity index (χ3v) is 4.93. The van der Waals surface area contributed by atoms with Gasteiger partial charge in [-0.3, -0.25) is 9.69 Å². The van der Waals surface area contributed by atoms with Crippen molar-refractivity contribution < 1.29 is 19.1 Å².